The quantitative estimate of drug-likeness (QED) is 0.442. The first-order valence-electron chi connectivity index (χ1n) is 11.1. The summed E-state index contributed by atoms with van der Waals surface area (Å²) in [5, 5.41) is 14.0. The van der Waals surface area contributed by atoms with Gasteiger partial charge in [0.05, 0.1) is 6.04 Å². The molecular weight excluding hydrogens is 422 g/mol. The minimum absolute atomic E-state index is 0.109. The number of tetrazole rings is 1. The number of ketones is 1. The number of alkyl carbamates (subject to hydrolysis) is 1. The van der Waals surface area contributed by atoms with Crippen molar-refractivity contribution < 1.29 is 19.1 Å². The molecule has 3 rings (SSSR count). The Labute approximate surface area is 193 Å². The maximum Gasteiger partial charge on any atom is 0.408 e. The molecule has 0 aliphatic carbocycles. The molecule has 0 saturated heterocycles. The van der Waals surface area contributed by atoms with Crippen LogP contribution >= 0.6 is 0 Å². The maximum absolute atomic E-state index is 12.8. The molecule has 1 aromatic heterocycles. The van der Waals surface area contributed by atoms with Crippen molar-refractivity contribution in [2.24, 2.45) is 0 Å². The number of ether oxygens (including phenoxy) is 2. The van der Waals surface area contributed by atoms with E-state index in [1.807, 2.05) is 54.6 Å². The van der Waals surface area contributed by atoms with E-state index in [1.54, 1.807) is 6.92 Å². The van der Waals surface area contributed by atoms with Crippen LogP contribution < -0.4 is 10.1 Å². The summed E-state index contributed by atoms with van der Waals surface area (Å²) in [5.74, 6) is 0.338. The highest BCUT2D eigenvalue weighted by atomic mass is 16.5. The zero-order valence-corrected chi connectivity index (χ0v) is 18.9. The third-order valence-corrected chi connectivity index (χ3v) is 5.03. The SMILES string of the molecule is CCCCc1cccc(Oc2nnnn2CC(=O)C(CC)NC(=O)OCc2ccccc2)c1. The highest BCUT2D eigenvalue weighted by Gasteiger charge is 2.22. The van der Waals surface area contributed by atoms with Crippen molar-refractivity contribution in [3.8, 4) is 11.8 Å². The van der Waals surface area contributed by atoms with Gasteiger partial charge in [-0.15, -0.1) is 0 Å². The zero-order chi connectivity index (χ0) is 23.5. The summed E-state index contributed by atoms with van der Waals surface area (Å²) in [6.45, 7) is 3.93. The van der Waals surface area contributed by atoms with Crippen LogP contribution in [0.5, 0.6) is 11.8 Å². The van der Waals surface area contributed by atoms with E-state index < -0.39 is 12.1 Å². The monoisotopic (exact) mass is 451 g/mol. The third kappa shape index (κ3) is 7.41. The number of aromatic nitrogens is 4. The van der Waals surface area contributed by atoms with Crippen LogP contribution in [0.25, 0.3) is 0 Å². The van der Waals surface area contributed by atoms with Gasteiger partial charge in [-0.1, -0.05) is 67.8 Å². The molecule has 1 N–H and O–H groups in total. The molecule has 0 saturated carbocycles. The minimum atomic E-state index is -0.734. The molecule has 0 aliphatic rings. The molecule has 9 heteroatoms. The maximum atomic E-state index is 12.8. The summed E-state index contributed by atoms with van der Waals surface area (Å²) < 4.78 is 12.3. The Morgan fingerprint density at radius 1 is 1.06 bits per heavy atom. The molecule has 174 valence electrons. The Hall–Kier alpha value is -3.75. The molecule has 9 nitrogen and oxygen atoms in total. The normalized spacial score (nSPS) is 11.6. The van der Waals surface area contributed by atoms with Crippen LogP contribution in [0.1, 0.15) is 44.2 Å². The Bertz CT molecular complexity index is 1040. The van der Waals surface area contributed by atoms with E-state index in [2.05, 4.69) is 27.8 Å². The summed E-state index contributed by atoms with van der Waals surface area (Å²) >= 11 is 0. The number of carbonyl (C=O) groups excluding carboxylic acids is 2. The minimum Gasteiger partial charge on any atom is -0.445 e. The first-order valence-corrected chi connectivity index (χ1v) is 11.1. The zero-order valence-electron chi connectivity index (χ0n) is 18.9. The van der Waals surface area contributed by atoms with Gasteiger partial charge in [-0.3, -0.25) is 4.79 Å². The van der Waals surface area contributed by atoms with Gasteiger partial charge in [0.25, 0.3) is 0 Å². The second-order valence-electron chi connectivity index (χ2n) is 7.61. The first kappa shape index (κ1) is 23.9. The molecule has 1 amide bonds. The van der Waals surface area contributed by atoms with E-state index in [1.165, 1.54) is 4.68 Å². The highest BCUT2D eigenvalue weighted by molar-refractivity contribution is 5.87. The lowest BCUT2D eigenvalue weighted by Gasteiger charge is -2.16. The Morgan fingerprint density at radius 3 is 2.61 bits per heavy atom. The highest BCUT2D eigenvalue weighted by Crippen LogP contribution is 2.21. The average Bonchev–Trinajstić information content (AvgIpc) is 3.26. The van der Waals surface area contributed by atoms with Crippen LogP contribution in [0, 0.1) is 0 Å². The van der Waals surface area contributed by atoms with Gasteiger partial charge in [-0.05, 0) is 52.9 Å². The van der Waals surface area contributed by atoms with E-state index >= 15 is 0 Å². The van der Waals surface area contributed by atoms with Gasteiger partial charge in [-0.25, -0.2) is 4.79 Å². The van der Waals surface area contributed by atoms with Gasteiger partial charge in [0, 0.05) is 0 Å². The smallest absolute Gasteiger partial charge is 0.408 e. The van der Waals surface area contributed by atoms with Crippen molar-refractivity contribution in [3.05, 3.63) is 65.7 Å². The van der Waals surface area contributed by atoms with E-state index in [0.717, 1.165) is 30.4 Å². The number of amides is 1. The molecule has 0 bridgehead atoms. The molecule has 1 heterocycles. The largest absolute Gasteiger partial charge is 0.445 e. The predicted octanol–water partition coefficient (Wildman–Crippen LogP) is 4.08. The first-order chi connectivity index (χ1) is 16.1. The number of nitrogens with one attached hydrogen (secondary N) is 1. The number of benzene rings is 2. The summed E-state index contributed by atoms with van der Waals surface area (Å²) in [6, 6.07) is 16.4. The Morgan fingerprint density at radius 2 is 1.85 bits per heavy atom. The molecule has 1 unspecified atom stereocenters. The van der Waals surface area contributed by atoms with Crippen LogP contribution in [-0.2, 0) is 29.1 Å². The molecule has 0 radical (unpaired) electrons. The van der Waals surface area contributed by atoms with Gasteiger partial charge < -0.3 is 14.8 Å². The molecule has 0 fully saturated rings. The van der Waals surface area contributed by atoms with E-state index in [-0.39, 0.29) is 24.9 Å². The molecule has 3 aromatic rings. The average molecular weight is 452 g/mol. The van der Waals surface area contributed by atoms with Crippen LogP contribution in [0.4, 0.5) is 4.79 Å². The number of carbonyl (C=O) groups is 2. The summed E-state index contributed by atoms with van der Waals surface area (Å²) in [5.41, 5.74) is 2.02. The number of aryl methyl sites for hydroxylation is 1. The fourth-order valence-corrected chi connectivity index (χ4v) is 3.19. The van der Waals surface area contributed by atoms with Gasteiger partial charge in [0.1, 0.15) is 18.9 Å². The molecular formula is C24H29N5O4. The number of hydrogen-bond acceptors (Lipinski definition) is 7. The Balaban J connectivity index is 1.56. The van der Waals surface area contributed by atoms with Crippen LogP contribution in [-0.4, -0.2) is 38.1 Å². The Kier molecular flexibility index (Phi) is 8.93. The predicted molar refractivity (Wildman–Crippen MR) is 122 cm³/mol. The summed E-state index contributed by atoms with van der Waals surface area (Å²) in [4.78, 5) is 24.9. The van der Waals surface area contributed by atoms with Crippen molar-refractivity contribution in [1.82, 2.24) is 25.5 Å². The topological polar surface area (TPSA) is 108 Å². The van der Waals surface area contributed by atoms with Gasteiger partial charge in [-0.2, -0.15) is 4.68 Å². The number of nitrogens with zero attached hydrogens (tertiary/aromatic N) is 4. The fourth-order valence-electron chi connectivity index (χ4n) is 3.19. The summed E-state index contributed by atoms with van der Waals surface area (Å²) in [6.07, 6.45) is 2.90. The second-order valence-corrected chi connectivity index (χ2v) is 7.61. The fraction of sp³-hybridized carbons (Fsp3) is 0.375. The third-order valence-electron chi connectivity index (χ3n) is 5.03. The lowest BCUT2D eigenvalue weighted by Crippen LogP contribution is -2.42. The van der Waals surface area contributed by atoms with E-state index in [9.17, 15) is 9.59 Å². The van der Waals surface area contributed by atoms with Crippen LogP contribution in [0.3, 0.4) is 0 Å². The molecule has 33 heavy (non-hydrogen) atoms. The lowest BCUT2D eigenvalue weighted by atomic mass is 10.1. The number of hydrogen-bond donors (Lipinski definition) is 1. The molecule has 2 aromatic carbocycles. The van der Waals surface area contributed by atoms with Crippen LogP contribution in [0.15, 0.2) is 54.6 Å². The van der Waals surface area contributed by atoms with Crippen molar-refractivity contribution in [2.45, 2.75) is 58.7 Å². The van der Waals surface area contributed by atoms with E-state index in [4.69, 9.17) is 9.47 Å². The lowest BCUT2D eigenvalue weighted by molar-refractivity contribution is -0.121. The summed E-state index contributed by atoms with van der Waals surface area (Å²) in [7, 11) is 0. The second kappa shape index (κ2) is 12.3. The van der Waals surface area contributed by atoms with Crippen molar-refractivity contribution in [3.63, 3.8) is 0 Å². The van der Waals surface area contributed by atoms with Gasteiger partial charge >= 0.3 is 12.1 Å². The number of rotatable bonds is 12. The van der Waals surface area contributed by atoms with Gasteiger partial charge in [0.2, 0.25) is 0 Å². The number of Topliss-reactive ketones (excluding diaryl/α,β-unsaturated/α-hetero) is 1. The van der Waals surface area contributed by atoms with Crippen LogP contribution in [0.2, 0.25) is 0 Å². The van der Waals surface area contributed by atoms with E-state index in [0.29, 0.717) is 12.2 Å². The standard InChI is InChI=1S/C24H29N5O4/c1-3-5-10-18-13-9-14-20(15-18)33-23-26-27-28-29(23)16-22(30)21(4-2)25-24(31)32-17-19-11-7-6-8-12-19/h6-9,11-15,21H,3-5,10,16-17H2,1-2H3,(H,25,31). The number of unbranched alkanes of at least 4 members (excludes halogenated alkanes) is 1. The van der Waals surface area contributed by atoms with Crippen molar-refractivity contribution in [2.75, 3.05) is 0 Å². The molecule has 1 atom stereocenters. The van der Waals surface area contributed by atoms with Crippen molar-refractivity contribution in [1.29, 1.82) is 0 Å². The van der Waals surface area contributed by atoms with Gasteiger partial charge in [0.15, 0.2) is 5.78 Å². The van der Waals surface area contributed by atoms with Crippen molar-refractivity contribution >= 4 is 11.9 Å². The molecule has 0 spiro atoms. The molecule has 0 aliphatic heterocycles.